The van der Waals surface area contributed by atoms with Gasteiger partial charge in [-0.25, -0.2) is 9.48 Å². The largest absolute Gasteiger partial charge is 0.351 e. The number of urea groups is 1. The van der Waals surface area contributed by atoms with Crippen molar-refractivity contribution in [3.05, 3.63) is 41.9 Å². The van der Waals surface area contributed by atoms with Crippen molar-refractivity contribution in [1.82, 2.24) is 40.3 Å². The summed E-state index contributed by atoms with van der Waals surface area (Å²) in [6.07, 6.45) is 0. The Morgan fingerprint density at radius 1 is 1.14 bits per heavy atom. The molecule has 10 heteroatoms. The van der Waals surface area contributed by atoms with Crippen LogP contribution in [0.1, 0.15) is 29.3 Å². The average Bonchev–Trinajstić information content (AvgIpc) is 3.33. The quantitative estimate of drug-likeness (QED) is 0.700. The number of H-pyrrole nitrogens is 1. The number of nitrogens with one attached hydrogen (secondary N) is 2. The molecule has 4 rings (SSSR count). The van der Waals surface area contributed by atoms with Gasteiger partial charge in [0.15, 0.2) is 5.82 Å². The van der Waals surface area contributed by atoms with Crippen LogP contribution in [0.3, 0.4) is 0 Å². The molecule has 0 radical (unpaired) electrons. The molecule has 1 saturated heterocycles. The average molecular weight is 382 g/mol. The first-order valence-electron chi connectivity index (χ1n) is 9.17. The number of carbonyl (C=O) groups is 2. The minimum Gasteiger partial charge on any atom is -0.351 e. The molecule has 146 valence electrons. The molecule has 3 aromatic rings. The molecule has 1 atom stereocenters. The summed E-state index contributed by atoms with van der Waals surface area (Å²) in [5.41, 5.74) is 1.51. The lowest BCUT2D eigenvalue weighted by molar-refractivity contribution is 0.0658. The van der Waals surface area contributed by atoms with E-state index < -0.39 is 0 Å². The minimum absolute atomic E-state index is 0.0465. The summed E-state index contributed by atoms with van der Waals surface area (Å²) in [7, 11) is 1.73. The Hall–Kier alpha value is -3.43. The summed E-state index contributed by atoms with van der Waals surface area (Å²) in [5, 5.41) is 15.2. The zero-order valence-electron chi connectivity index (χ0n) is 15.8. The Morgan fingerprint density at radius 3 is 2.54 bits per heavy atom. The fourth-order valence-electron chi connectivity index (χ4n) is 3.42. The molecule has 0 spiro atoms. The van der Waals surface area contributed by atoms with E-state index in [4.69, 9.17) is 0 Å². The lowest BCUT2D eigenvalue weighted by atomic mass is 10.2. The van der Waals surface area contributed by atoms with E-state index in [2.05, 4.69) is 25.8 Å². The van der Waals surface area contributed by atoms with Crippen LogP contribution < -0.4 is 5.32 Å². The topological polar surface area (TPSA) is 112 Å². The molecule has 1 fully saturated rings. The normalized spacial score (nSPS) is 15.6. The van der Waals surface area contributed by atoms with Crippen molar-refractivity contribution in [1.29, 1.82) is 0 Å². The van der Waals surface area contributed by atoms with Crippen molar-refractivity contribution in [2.45, 2.75) is 13.0 Å². The summed E-state index contributed by atoms with van der Waals surface area (Å²) < 4.78 is 1.53. The number of hydrogen-bond acceptors (Lipinski definition) is 5. The third-order valence-corrected chi connectivity index (χ3v) is 4.99. The highest BCUT2D eigenvalue weighted by Crippen LogP contribution is 2.17. The second-order valence-electron chi connectivity index (χ2n) is 6.88. The third-order valence-electron chi connectivity index (χ3n) is 4.99. The monoisotopic (exact) mass is 382 g/mol. The van der Waals surface area contributed by atoms with E-state index in [9.17, 15) is 9.59 Å². The summed E-state index contributed by atoms with van der Waals surface area (Å²) in [6.45, 7) is 3.76. The lowest BCUT2D eigenvalue weighted by Crippen LogP contribution is -2.53. The Bertz CT molecular complexity index is 969. The van der Waals surface area contributed by atoms with Gasteiger partial charge in [0, 0.05) is 44.1 Å². The standard InChI is InChI=1S/C18H22N8O2/c1-12(16-21-22-23-24(16)2)19-18(28)26-9-7-25(8-10-26)17(27)15-11-13-5-3-4-6-14(13)20-15/h3-6,11-12,20H,7-10H2,1-2H3,(H,19,28)/t12-/m0/s1. The van der Waals surface area contributed by atoms with Gasteiger partial charge in [0.05, 0.1) is 6.04 Å². The number of para-hydroxylation sites is 1. The molecule has 0 unspecified atom stereocenters. The first-order chi connectivity index (χ1) is 13.5. The van der Waals surface area contributed by atoms with E-state index in [1.54, 1.807) is 16.8 Å². The predicted molar refractivity (Wildman–Crippen MR) is 102 cm³/mol. The predicted octanol–water partition coefficient (Wildman–Crippen LogP) is 0.920. The van der Waals surface area contributed by atoms with Gasteiger partial charge >= 0.3 is 6.03 Å². The van der Waals surface area contributed by atoms with Crippen LogP contribution in [0, 0.1) is 0 Å². The molecule has 1 aromatic carbocycles. The Balaban J connectivity index is 1.34. The van der Waals surface area contributed by atoms with Gasteiger partial charge < -0.3 is 20.1 Å². The number of hydrogen-bond donors (Lipinski definition) is 2. The van der Waals surface area contributed by atoms with Crippen LogP contribution >= 0.6 is 0 Å². The van der Waals surface area contributed by atoms with Crippen molar-refractivity contribution < 1.29 is 9.59 Å². The molecule has 28 heavy (non-hydrogen) atoms. The van der Waals surface area contributed by atoms with Gasteiger partial charge in [-0.05, 0) is 29.5 Å². The summed E-state index contributed by atoms with van der Waals surface area (Å²) >= 11 is 0. The van der Waals surface area contributed by atoms with E-state index in [0.29, 0.717) is 37.7 Å². The van der Waals surface area contributed by atoms with Gasteiger partial charge in [0.1, 0.15) is 5.69 Å². The molecule has 1 aliphatic rings. The highest BCUT2D eigenvalue weighted by Gasteiger charge is 2.27. The number of nitrogens with zero attached hydrogens (tertiary/aromatic N) is 6. The maximum Gasteiger partial charge on any atom is 0.318 e. The van der Waals surface area contributed by atoms with Crippen LogP contribution in [0.4, 0.5) is 4.79 Å². The zero-order chi connectivity index (χ0) is 19.7. The number of amides is 3. The molecule has 0 saturated carbocycles. The fraction of sp³-hybridized carbons (Fsp3) is 0.389. The van der Waals surface area contributed by atoms with Gasteiger partial charge in [-0.2, -0.15) is 0 Å². The highest BCUT2D eigenvalue weighted by molar-refractivity contribution is 5.98. The molecule has 3 heterocycles. The zero-order valence-corrected chi connectivity index (χ0v) is 15.8. The molecular weight excluding hydrogens is 360 g/mol. The number of rotatable bonds is 3. The molecule has 1 aliphatic heterocycles. The van der Waals surface area contributed by atoms with Crippen LogP contribution in [0.25, 0.3) is 10.9 Å². The van der Waals surface area contributed by atoms with Crippen molar-refractivity contribution in [3.8, 4) is 0 Å². The van der Waals surface area contributed by atoms with Crippen LogP contribution in [0.2, 0.25) is 0 Å². The summed E-state index contributed by atoms with van der Waals surface area (Å²) in [4.78, 5) is 31.9. The molecule has 0 bridgehead atoms. The van der Waals surface area contributed by atoms with Gasteiger partial charge in [0.25, 0.3) is 5.91 Å². The number of piperazine rings is 1. The molecular formula is C18H22N8O2. The first-order valence-corrected chi connectivity index (χ1v) is 9.17. The molecule has 2 N–H and O–H groups in total. The summed E-state index contributed by atoms with van der Waals surface area (Å²) in [6, 6.07) is 9.17. The van der Waals surface area contributed by atoms with E-state index >= 15 is 0 Å². The van der Waals surface area contributed by atoms with Crippen molar-refractivity contribution in [2.75, 3.05) is 26.2 Å². The van der Waals surface area contributed by atoms with Crippen molar-refractivity contribution >= 4 is 22.8 Å². The Kier molecular flexibility index (Phi) is 4.68. The Morgan fingerprint density at radius 2 is 1.86 bits per heavy atom. The highest BCUT2D eigenvalue weighted by atomic mass is 16.2. The van der Waals surface area contributed by atoms with Crippen molar-refractivity contribution in [2.24, 2.45) is 7.05 Å². The van der Waals surface area contributed by atoms with E-state index in [0.717, 1.165) is 10.9 Å². The van der Waals surface area contributed by atoms with Crippen molar-refractivity contribution in [3.63, 3.8) is 0 Å². The maximum atomic E-state index is 12.8. The van der Waals surface area contributed by atoms with Gasteiger partial charge in [-0.3, -0.25) is 4.79 Å². The minimum atomic E-state index is -0.307. The van der Waals surface area contributed by atoms with Crippen LogP contribution in [0.5, 0.6) is 0 Å². The SMILES string of the molecule is C[C@H](NC(=O)N1CCN(C(=O)c2cc3ccccc3[nH]2)CC1)c1nnnn1C. The van der Waals surface area contributed by atoms with Crippen LogP contribution in [0.15, 0.2) is 30.3 Å². The number of tetrazole rings is 1. The number of aryl methyl sites for hydroxylation is 1. The summed E-state index contributed by atoms with van der Waals surface area (Å²) in [5.74, 6) is 0.538. The number of aromatic nitrogens is 5. The number of benzene rings is 1. The number of fused-ring (bicyclic) bond motifs is 1. The molecule has 2 aromatic heterocycles. The Labute approximate surface area is 161 Å². The molecule has 3 amide bonds. The molecule has 10 nitrogen and oxygen atoms in total. The van der Waals surface area contributed by atoms with E-state index in [1.165, 1.54) is 4.68 Å². The number of aromatic amines is 1. The molecule has 0 aliphatic carbocycles. The van der Waals surface area contributed by atoms with Crippen LogP contribution in [-0.4, -0.2) is 73.1 Å². The second-order valence-corrected chi connectivity index (χ2v) is 6.88. The third kappa shape index (κ3) is 3.40. The van der Waals surface area contributed by atoms with Gasteiger partial charge in [0.2, 0.25) is 0 Å². The van der Waals surface area contributed by atoms with Gasteiger partial charge in [-0.1, -0.05) is 18.2 Å². The number of carbonyl (C=O) groups excluding carboxylic acids is 2. The maximum absolute atomic E-state index is 12.8. The first kappa shape index (κ1) is 18.0. The van der Waals surface area contributed by atoms with Crippen LogP contribution in [-0.2, 0) is 7.05 Å². The van der Waals surface area contributed by atoms with E-state index in [1.807, 2.05) is 37.3 Å². The second kappa shape index (κ2) is 7.29. The lowest BCUT2D eigenvalue weighted by Gasteiger charge is -2.35. The smallest absolute Gasteiger partial charge is 0.318 e. The fourth-order valence-corrected chi connectivity index (χ4v) is 3.42. The van der Waals surface area contributed by atoms with Gasteiger partial charge in [-0.15, -0.1) is 5.10 Å². The van der Waals surface area contributed by atoms with E-state index in [-0.39, 0.29) is 18.0 Å².